The highest BCUT2D eigenvalue weighted by molar-refractivity contribution is 5.21. The number of aromatic nitrogens is 2. The van der Waals surface area contributed by atoms with E-state index in [1.807, 2.05) is 0 Å². The Hall–Kier alpha value is -1.20. The summed E-state index contributed by atoms with van der Waals surface area (Å²) >= 11 is 0. The number of aromatic amines is 1. The quantitative estimate of drug-likeness (QED) is 0.652. The molecule has 0 aromatic carbocycles. The molecule has 1 fully saturated rings. The van der Waals surface area contributed by atoms with E-state index in [4.69, 9.17) is 9.47 Å². The van der Waals surface area contributed by atoms with Crippen LogP contribution in [0.4, 0.5) is 0 Å². The molecular weight excluding hydrogens is 196 g/mol. The zero-order valence-corrected chi connectivity index (χ0v) is 8.28. The molecule has 1 aliphatic carbocycles. The van der Waals surface area contributed by atoms with E-state index in [2.05, 4.69) is 9.97 Å². The fraction of sp³-hybridized carbons (Fsp3) is 0.600. The predicted octanol–water partition coefficient (Wildman–Crippen LogP) is 0.00170. The van der Waals surface area contributed by atoms with E-state index in [1.54, 1.807) is 0 Å². The van der Waals surface area contributed by atoms with E-state index in [0.29, 0.717) is 26.1 Å². The predicted molar refractivity (Wildman–Crippen MR) is 51.5 cm³/mol. The van der Waals surface area contributed by atoms with Gasteiger partial charge in [-0.3, -0.25) is 4.79 Å². The number of nitrogens with one attached hydrogen (secondary N) is 1. The first-order chi connectivity index (χ1) is 7.29. The lowest BCUT2D eigenvalue weighted by Gasteiger charge is -2.31. The summed E-state index contributed by atoms with van der Waals surface area (Å²) in [6.45, 7) is 1.27. The van der Waals surface area contributed by atoms with Gasteiger partial charge in [-0.25, -0.2) is 4.98 Å². The Morgan fingerprint density at radius 3 is 3.00 bits per heavy atom. The van der Waals surface area contributed by atoms with Crippen molar-refractivity contribution in [1.82, 2.24) is 9.97 Å². The first-order valence-corrected chi connectivity index (χ1v) is 5.12. The van der Waals surface area contributed by atoms with E-state index in [-0.39, 0.29) is 5.56 Å². The van der Waals surface area contributed by atoms with Crippen LogP contribution in [0.2, 0.25) is 0 Å². The summed E-state index contributed by atoms with van der Waals surface area (Å²) in [4.78, 5) is 18.3. The Morgan fingerprint density at radius 2 is 2.20 bits per heavy atom. The maximum absolute atomic E-state index is 11.5. The average molecular weight is 208 g/mol. The highest BCUT2D eigenvalue weighted by atomic mass is 16.7. The molecule has 1 saturated heterocycles. The molecule has 0 radical (unpaired) electrons. The summed E-state index contributed by atoms with van der Waals surface area (Å²) in [6.07, 6.45) is 3.45. The average Bonchev–Trinajstić information content (AvgIpc) is 2.66. The SMILES string of the molecule is O=c1[nH]cnc2c1CCC1(C2)OCCO1. The van der Waals surface area contributed by atoms with Crippen molar-refractivity contribution in [2.45, 2.75) is 25.0 Å². The van der Waals surface area contributed by atoms with Gasteiger partial charge in [0.2, 0.25) is 0 Å². The van der Waals surface area contributed by atoms with Gasteiger partial charge in [-0.05, 0) is 6.42 Å². The molecule has 80 valence electrons. The Bertz CT molecular complexity index is 435. The molecule has 1 aliphatic heterocycles. The van der Waals surface area contributed by atoms with Crippen LogP contribution in [-0.2, 0) is 22.3 Å². The first kappa shape index (κ1) is 9.06. The Kier molecular flexibility index (Phi) is 1.90. The summed E-state index contributed by atoms with van der Waals surface area (Å²) in [5.74, 6) is -0.506. The monoisotopic (exact) mass is 208 g/mol. The molecule has 15 heavy (non-hydrogen) atoms. The van der Waals surface area contributed by atoms with Crippen LogP contribution < -0.4 is 5.56 Å². The van der Waals surface area contributed by atoms with E-state index < -0.39 is 5.79 Å². The second-order valence-electron chi connectivity index (χ2n) is 3.94. The molecule has 0 bridgehead atoms. The van der Waals surface area contributed by atoms with Gasteiger partial charge in [0.1, 0.15) is 0 Å². The minimum Gasteiger partial charge on any atom is -0.347 e. The number of rotatable bonds is 0. The minimum absolute atomic E-state index is 0.0344. The molecule has 1 spiro atoms. The molecule has 5 nitrogen and oxygen atoms in total. The molecule has 1 N–H and O–H groups in total. The second-order valence-corrected chi connectivity index (χ2v) is 3.94. The van der Waals surface area contributed by atoms with Crippen molar-refractivity contribution in [3.8, 4) is 0 Å². The highest BCUT2D eigenvalue weighted by Gasteiger charge is 2.41. The molecule has 2 heterocycles. The topological polar surface area (TPSA) is 64.2 Å². The normalized spacial score (nSPS) is 22.9. The highest BCUT2D eigenvalue weighted by Crippen LogP contribution is 2.32. The van der Waals surface area contributed by atoms with Gasteiger partial charge in [-0.15, -0.1) is 0 Å². The Balaban J connectivity index is 1.99. The van der Waals surface area contributed by atoms with Crippen LogP contribution in [0.1, 0.15) is 17.7 Å². The smallest absolute Gasteiger partial charge is 0.254 e. The summed E-state index contributed by atoms with van der Waals surface area (Å²) < 4.78 is 11.2. The molecule has 0 atom stereocenters. The lowest BCUT2D eigenvalue weighted by atomic mass is 9.92. The first-order valence-electron chi connectivity index (χ1n) is 5.12. The van der Waals surface area contributed by atoms with Crippen molar-refractivity contribution < 1.29 is 9.47 Å². The van der Waals surface area contributed by atoms with Crippen LogP contribution in [0.25, 0.3) is 0 Å². The molecule has 1 aromatic rings. The third-order valence-corrected chi connectivity index (χ3v) is 3.04. The molecule has 0 unspecified atom stereocenters. The summed E-state index contributed by atoms with van der Waals surface area (Å²) in [5, 5.41) is 0. The lowest BCUT2D eigenvalue weighted by Crippen LogP contribution is -2.39. The molecule has 0 amide bonds. The molecular formula is C10H12N2O3. The Morgan fingerprint density at radius 1 is 1.40 bits per heavy atom. The Labute approximate surface area is 86.4 Å². The largest absolute Gasteiger partial charge is 0.347 e. The van der Waals surface area contributed by atoms with Crippen molar-refractivity contribution >= 4 is 0 Å². The van der Waals surface area contributed by atoms with Gasteiger partial charge in [-0.2, -0.15) is 0 Å². The molecule has 0 saturated carbocycles. The van der Waals surface area contributed by atoms with Crippen LogP contribution in [-0.4, -0.2) is 29.0 Å². The maximum atomic E-state index is 11.5. The summed E-state index contributed by atoms with van der Waals surface area (Å²) in [5.41, 5.74) is 1.56. The van der Waals surface area contributed by atoms with Crippen LogP contribution in [0.3, 0.4) is 0 Å². The van der Waals surface area contributed by atoms with Gasteiger partial charge in [-0.1, -0.05) is 0 Å². The summed E-state index contributed by atoms with van der Waals surface area (Å²) in [7, 11) is 0. The zero-order valence-electron chi connectivity index (χ0n) is 8.28. The lowest BCUT2D eigenvalue weighted by molar-refractivity contribution is -0.164. The molecule has 1 aromatic heterocycles. The van der Waals surface area contributed by atoms with Crippen molar-refractivity contribution in [3.05, 3.63) is 27.9 Å². The van der Waals surface area contributed by atoms with Crippen LogP contribution in [0.15, 0.2) is 11.1 Å². The van der Waals surface area contributed by atoms with Crippen molar-refractivity contribution in [2.24, 2.45) is 0 Å². The maximum Gasteiger partial charge on any atom is 0.254 e. The van der Waals surface area contributed by atoms with Crippen LogP contribution in [0, 0.1) is 0 Å². The van der Waals surface area contributed by atoms with Gasteiger partial charge in [0.15, 0.2) is 5.79 Å². The number of hydrogen-bond donors (Lipinski definition) is 1. The summed E-state index contributed by atoms with van der Waals surface area (Å²) in [6, 6.07) is 0. The number of ether oxygens (including phenoxy) is 2. The number of H-pyrrole nitrogens is 1. The fourth-order valence-corrected chi connectivity index (χ4v) is 2.28. The van der Waals surface area contributed by atoms with Gasteiger partial charge in [0.05, 0.1) is 25.2 Å². The molecule has 2 aliphatic rings. The van der Waals surface area contributed by atoms with Gasteiger partial charge in [0.25, 0.3) is 5.56 Å². The minimum atomic E-state index is -0.506. The van der Waals surface area contributed by atoms with Gasteiger partial charge in [0, 0.05) is 18.4 Å². The van der Waals surface area contributed by atoms with Crippen LogP contribution in [0.5, 0.6) is 0 Å². The second kappa shape index (κ2) is 3.15. The zero-order chi connectivity index (χ0) is 10.3. The third-order valence-electron chi connectivity index (χ3n) is 3.04. The van der Waals surface area contributed by atoms with Crippen molar-refractivity contribution in [3.63, 3.8) is 0 Å². The van der Waals surface area contributed by atoms with Gasteiger partial charge >= 0.3 is 0 Å². The fourth-order valence-electron chi connectivity index (χ4n) is 2.28. The standard InChI is InChI=1S/C10H12N2O3/c13-9-7-1-2-10(14-3-4-15-10)5-8(7)11-6-12-9/h6H,1-5H2,(H,11,12,13). The van der Waals surface area contributed by atoms with E-state index in [9.17, 15) is 4.79 Å². The van der Waals surface area contributed by atoms with Crippen molar-refractivity contribution in [1.29, 1.82) is 0 Å². The number of nitrogens with zero attached hydrogens (tertiary/aromatic N) is 1. The van der Waals surface area contributed by atoms with Crippen LogP contribution >= 0.6 is 0 Å². The van der Waals surface area contributed by atoms with Gasteiger partial charge < -0.3 is 14.5 Å². The number of hydrogen-bond acceptors (Lipinski definition) is 4. The van der Waals surface area contributed by atoms with E-state index in [0.717, 1.165) is 17.7 Å². The number of fused-ring (bicyclic) bond motifs is 1. The van der Waals surface area contributed by atoms with E-state index in [1.165, 1.54) is 6.33 Å². The third kappa shape index (κ3) is 1.39. The van der Waals surface area contributed by atoms with Crippen molar-refractivity contribution in [2.75, 3.05) is 13.2 Å². The molecule has 5 heteroatoms. The molecule has 3 rings (SSSR count). The van der Waals surface area contributed by atoms with E-state index >= 15 is 0 Å².